The van der Waals surface area contributed by atoms with Gasteiger partial charge in [-0.05, 0) is 30.7 Å². The molecule has 0 aliphatic rings. The molecule has 0 saturated carbocycles. The van der Waals surface area contributed by atoms with E-state index in [1.807, 2.05) is 0 Å². The summed E-state index contributed by atoms with van der Waals surface area (Å²) in [7, 11) is -3.63. The molecule has 2 aromatic rings. The summed E-state index contributed by atoms with van der Waals surface area (Å²) in [6.45, 7) is -0.109. The van der Waals surface area contributed by atoms with Crippen LogP contribution in [0.1, 0.15) is 5.56 Å². The van der Waals surface area contributed by atoms with Gasteiger partial charge in [-0.25, -0.2) is 12.8 Å². The van der Waals surface area contributed by atoms with Gasteiger partial charge in [0.1, 0.15) is 5.82 Å². The summed E-state index contributed by atoms with van der Waals surface area (Å²) in [5.41, 5.74) is 5.77. The highest BCUT2D eigenvalue weighted by molar-refractivity contribution is 7.92. The van der Waals surface area contributed by atoms with Gasteiger partial charge in [-0.15, -0.1) is 0 Å². The van der Waals surface area contributed by atoms with E-state index < -0.39 is 20.9 Å². The SMILES string of the molecule is NCC(Cc1c(F)cccc1Cl)S(=O)(=O)c1ccccc1. The third kappa shape index (κ3) is 3.43. The van der Waals surface area contributed by atoms with Crippen molar-refractivity contribution in [3.63, 3.8) is 0 Å². The summed E-state index contributed by atoms with van der Waals surface area (Å²) >= 11 is 5.95. The van der Waals surface area contributed by atoms with Crippen LogP contribution in [0.2, 0.25) is 5.02 Å². The molecule has 0 aromatic heterocycles. The normalized spacial score (nSPS) is 13.1. The van der Waals surface area contributed by atoms with Crippen molar-refractivity contribution in [3.8, 4) is 0 Å². The van der Waals surface area contributed by atoms with Crippen molar-refractivity contribution < 1.29 is 12.8 Å². The van der Waals surface area contributed by atoms with Gasteiger partial charge in [-0.3, -0.25) is 0 Å². The van der Waals surface area contributed by atoms with Crippen LogP contribution in [0.5, 0.6) is 0 Å². The van der Waals surface area contributed by atoms with Crippen LogP contribution in [-0.4, -0.2) is 20.2 Å². The molecule has 0 saturated heterocycles. The smallest absolute Gasteiger partial charge is 0.182 e. The average molecular weight is 328 g/mol. The Bertz CT molecular complexity index is 699. The maximum Gasteiger partial charge on any atom is 0.182 e. The first kappa shape index (κ1) is 15.9. The molecule has 3 nitrogen and oxygen atoms in total. The van der Waals surface area contributed by atoms with Crippen molar-refractivity contribution in [1.82, 2.24) is 0 Å². The van der Waals surface area contributed by atoms with E-state index in [2.05, 4.69) is 0 Å². The van der Waals surface area contributed by atoms with Crippen LogP contribution in [0, 0.1) is 5.82 Å². The lowest BCUT2D eigenvalue weighted by molar-refractivity contribution is 0.570. The van der Waals surface area contributed by atoms with Crippen LogP contribution in [-0.2, 0) is 16.3 Å². The predicted octanol–water partition coefficient (Wildman–Crippen LogP) is 2.82. The summed E-state index contributed by atoms with van der Waals surface area (Å²) in [5.74, 6) is -0.524. The standard InChI is InChI=1S/C15H15ClFNO2S/c16-14-7-4-8-15(17)13(14)9-12(10-18)21(19,20)11-5-2-1-3-6-11/h1-8,12H,9-10,18H2. The molecule has 0 heterocycles. The van der Waals surface area contributed by atoms with Gasteiger partial charge in [0.05, 0.1) is 10.1 Å². The molecule has 1 unspecified atom stereocenters. The Morgan fingerprint density at radius 1 is 1.10 bits per heavy atom. The molecule has 21 heavy (non-hydrogen) atoms. The highest BCUT2D eigenvalue weighted by atomic mass is 35.5. The van der Waals surface area contributed by atoms with E-state index >= 15 is 0 Å². The number of hydrogen-bond donors (Lipinski definition) is 1. The zero-order valence-electron chi connectivity index (χ0n) is 11.2. The molecule has 2 rings (SSSR count). The number of nitrogens with two attached hydrogens (primary N) is 1. The molecule has 0 spiro atoms. The summed E-state index contributed by atoms with van der Waals surface area (Å²) in [5, 5.41) is -0.717. The number of rotatable bonds is 5. The summed E-state index contributed by atoms with van der Waals surface area (Å²) in [6, 6.07) is 12.3. The Morgan fingerprint density at radius 2 is 1.76 bits per heavy atom. The lowest BCUT2D eigenvalue weighted by Crippen LogP contribution is -2.32. The largest absolute Gasteiger partial charge is 0.329 e. The van der Waals surface area contributed by atoms with Gasteiger partial charge >= 0.3 is 0 Å². The van der Waals surface area contributed by atoms with Gasteiger partial charge in [0.15, 0.2) is 9.84 Å². The number of hydrogen-bond acceptors (Lipinski definition) is 3. The molecule has 112 valence electrons. The highest BCUT2D eigenvalue weighted by Gasteiger charge is 2.28. The van der Waals surface area contributed by atoms with Crippen molar-refractivity contribution in [2.24, 2.45) is 5.73 Å². The second-order valence-corrected chi connectivity index (χ2v) is 7.26. The van der Waals surface area contributed by atoms with Crippen LogP contribution in [0.15, 0.2) is 53.4 Å². The van der Waals surface area contributed by atoms with Gasteiger partial charge in [0, 0.05) is 17.1 Å². The molecule has 0 amide bonds. The fraction of sp³-hybridized carbons (Fsp3) is 0.200. The second kappa shape index (κ2) is 6.56. The van der Waals surface area contributed by atoms with E-state index in [0.29, 0.717) is 0 Å². The van der Waals surface area contributed by atoms with Crippen molar-refractivity contribution in [2.75, 3.05) is 6.54 Å². The van der Waals surface area contributed by atoms with Gasteiger partial charge in [-0.2, -0.15) is 0 Å². The monoisotopic (exact) mass is 327 g/mol. The van der Waals surface area contributed by atoms with Crippen molar-refractivity contribution in [2.45, 2.75) is 16.6 Å². The molecule has 0 fully saturated rings. The van der Waals surface area contributed by atoms with E-state index in [0.717, 1.165) is 0 Å². The molecule has 0 aliphatic heterocycles. The maximum atomic E-state index is 13.8. The zero-order chi connectivity index (χ0) is 15.5. The summed E-state index contributed by atoms with van der Waals surface area (Å²) in [6.07, 6.45) is -0.0563. The van der Waals surface area contributed by atoms with Crippen molar-refractivity contribution in [3.05, 3.63) is 64.9 Å². The van der Waals surface area contributed by atoms with Crippen LogP contribution in [0.3, 0.4) is 0 Å². The first-order valence-electron chi connectivity index (χ1n) is 6.38. The van der Waals surface area contributed by atoms with E-state index in [1.54, 1.807) is 18.2 Å². The third-order valence-electron chi connectivity index (χ3n) is 3.27. The molecule has 2 N–H and O–H groups in total. The van der Waals surface area contributed by atoms with Gasteiger partial charge in [-0.1, -0.05) is 35.9 Å². The molecule has 0 bridgehead atoms. The topological polar surface area (TPSA) is 60.2 Å². The summed E-state index contributed by atoms with van der Waals surface area (Å²) < 4.78 is 38.9. The van der Waals surface area contributed by atoms with Gasteiger partial charge in [0.2, 0.25) is 0 Å². The van der Waals surface area contributed by atoms with Crippen LogP contribution >= 0.6 is 11.6 Å². The number of halogens is 2. The predicted molar refractivity (Wildman–Crippen MR) is 81.6 cm³/mol. The molecular formula is C15H15ClFNO2S. The van der Waals surface area contributed by atoms with Crippen molar-refractivity contribution >= 4 is 21.4 Å². The minimum Gasteiger partial charge on any atom is -0.329 e. The zero-order valence-corrected chi connectivity index (χ0v) is 12.7. The highest BCUT2D eigenvalue weighted by Crippen LogP contribution is 2.24. The first-order valence-corrected chi connectivity index (χ1v) is 8.31. The maximum absolute atomic E-state index is 13.8. The van der Waals surface area contributed by atoms with Gasteiger partial charge in [0.25, 0.3) is 0 Å². The molecule has 6 heteroatoms. The lowest BCUT2D eigenvalue weighted by atomic mass is 10.1. The number of sulfone groups is 1. The summed E-state index contributed by atoms with van der Waals surface area (Å²) in [4.78, 5) is 0.174. The van der Waals surface area contributed by atoms with Crippen LogP contribution in [0.25, 0.3) is 0 Å². The minimum atomic E-state index is -3.63. The molecule has 0 radical (unpaired) electrons. The van der Waals surface area contributed by atoms with E-state index in [9.17, 15) is 12.8 Å². The van der Waals surface area contributed by atoms with Gasteiger partial charge < -0.3 is 5.73 Å². The van der Waals surface area contributed by atoms with E-state index in [-0.39, 0.29) is 28.4 Å². The molecular weight excluding hydrogens is 313 g/mol. The molecule has 1 atom stereocenters. The van der Waals surface area contributed by atoms with Crippen LogP contribution in [0.4, 0.5) is 4.39 Å². The average Bonchev–Trinajstić information content (AvgIpc) is 2.47. The Labute approximate surface area is 128 Å². The Morgan fingerprint density at radius 3 is 2.33 bits per heavy atom. The lowest BCUT2D eigenvalue weighted by Gasteiger charge is -2.17. The molecule has 0 aliphatic carbocycles. The second-order valence-electron chi connectivity index (χ2n) is 4.62. The Kier molecular flexibility index (Phi) is 4.98. The number of benzene rings is 2. The third-order valence-corrected chi connectivity index (χ3v) is 5.79. The molecule has 2 aromatic carbocycles. The van der Waals surface area contributed by atoms with E-state index in [4.69, 9.17) is 17.3 Å². The quantitative estimate of drug-likeness (QED) is 0.918. The van der Waals surface area contributed by atoms with E-state index in [1.165, 1.54) is 30.3 Å². The fourth-order valence-corrected chi connectivity index (χ4v) is 3.88. The Hall–Kier alpha value is -1.43. The minimum absolute atomic E-state index is 0.0563. The first-order chi connectivity index (χ1) is 9.96. The van der Waals surface area contributed by atoms with Crippen molar-refractivity contribution in [1.29, 1.82) is 0 Å². The van der Waals surface area contributed by atoms with Crippen LogP contribution < -0.4 is 5.73 Å². The fourth-order valence-electron chi connectivity index (χ4n) is 2.08. The Balaban J connectivity index is 2.37.